The van der Waals surface area contributed by atoms with Crippen molar-refractivity contribution in [3.05, 3.63) is 35.9 Å². The van der Waals surface area contributed by atoms with Crippen LogP contribution in [0.2, 0.25) is 0 Å². The first-order chi connectivity index (χ1) is 10.3. The van der Waals surface area contributed by atoms with Gasteiger partial charge in [-0.05, 0) is 63.5 Å². The molecular weight excluding hydrogens is 258 g/mol. The Morgan fingerprint density at radius 1 is 1.19 bits per heavy atom. The maximum atomic E-state index is 5.67. The minimum Gasteiger partial charge on any atom is -0.378 e. The molecule has 0 heterocycles. The van der Waals surface area contributed by atoms with Gasteiger partial charge in [-0.25, -0.2) is 0 Å². The molecule has 0 amide bonds. The Labute approximate surface area is 130 Å². The first kappa shape index (κ1) is 16.5. The smallest absolute Gasteiger partial charge is 0.0580 e. The van der Waals surface area contributed by atoms with Gasteiger partial charge in [0, 0.05) is 12.6 Å². The van der Waals surface area contributed by atoms with E-state index in [-0.39, 0.29) is 0 Å². The molecule has 1 saturated carbocycles. The zero-order valence-electron chi connectivity index (χ0n) is 13.7. The number of ether oxygens (including phenoxy) is 1. The summed E-state index contributed by atoms with van der Waals surface area (Å²) in [5.41, 5.74) is 1.47. The zero-order valence-corrected chi connectivity index (χ0v) is 13.7. The van der Waals surface area contributed by atoms with E-state index in [0.29, 0.717) is 12.1 Å². The van der Waals surface area contributed by atoms with Crippen LogP contribution in [0.1, 0.15) is 51.5 Å². The molecule has 0 saturated heterocycles. The van der Waals surface area contributed by atoms with Crippen molar-refractivity contribution < 1.29 is 4.74 Å². The summed E-state index contributed by atoms with van der Waals surface area (Å²) in [6, 6.07) is 11.5. The Balaban J connectivity index is 1.65. The quantitative estimate of drug-likeness (QED) is 0.697. The number of hydrogen-bond donors (Lipinski definition) is 1. The molecule has 1 atom stereocenters. The van der Waals surface area contributed by atoms with Gasteiger partial charge in [0.2, 0.25) is 0 Å². The predicted octanol–water partition coefficient (Wildman–Crippen LogP) is 4.19. The first-order valence-corrected chi connectivity index (χ1v) is 8.70. The average Bonchev–Trinajstić information content (AvgIpc) is 2.46. The van der Waals surface area contributed by atoms with Crippen LogP contribution in [0.25, 0.3) is 0 Å². The van der Waals surface area contributed by atoms with Crippen molar-refractivity contribution in [2.75, 3.05) is 13.2 Å². The lowest BCUT2D eigenvalue weighted by molar-refractivity contribution is -0.0292. The van der Waals surface area contributed by atoms with Crippen LogP contribution in [0.5, 0.6) is 0 Å². The second-order valence-electron chi connectivity index (χ2n) is 6.28. The number of nitrogens with one attached hydrogen (secondary N) is 1. The zero-order chi connectivity index (χ0) is 14.9. The van der Waals surface area contributed by atoms with Crippen molar-refractivity contribution in [3.8, 4) is 0 Å². The molecule has 0 aromatic heterocycles. The lowest BCUT2D eigenvalue weighted by Crippen LogP contribution is -2.38. The summed E-state index contributed by atoms with van der Waals surface area (Å²) in [5, 5.41) is 3.67. The van der Waals surface area contributed by atoms with Gasteiger partial charge in [-0.1, -0.05) is 37.3 Å². The predicted molar refractivity (Wildman–Crippen MR) is 89.6 cm³/mol. The Morgan fingerprint density at radius 2 is 1.95 bits per heavy atom. The van der Waals surface area contributed by atoms with Crippen LogP contribution in [-0.2, 0) is 11.2 Å². The molecule has 118 valence electrons. The highest BCUT2D eigenvalue weighted by molar-refractivity contribution is 5.14. The lowest BCUT2D eigenvalue weighted by Gasteiger charge is -2.37. The SMILES string of the molecule is CCNC(CCCc1ccccc1)CC1CC(OCC)C1. The molecule has 0 aliphatic heterocycles. The van der Waals surface area contributed by atoms with Gasteiger partial charge >= 0.3 is 0 Å². The molecule has 1 aromatic carbocycles. The van der Waals surface area contributed by atoms with Gasteiger partial charge in [0.05, 0.1) is 6.10 Å². The summed E-state index contributed by atoms with van der Waals surface area (Å²) in [5.74, 6) is 0.877. The van der Waals surface area contributed by atoms with Crippen LogP contribution in [0.15, 0.2) is 30.3 Å². The second-order valence-corrected chi connectivity index (χ2v) is 6.28. The Hall–Kier alpha value is -0.860. The Bertz CT molecular complexity index is 372. The third kappa shape index (κ3) is 5.80. The van der Waals surface area contributed by atoms with Gasteiger partial charge in [-0.2, -0.15) is 0 Å². The molecule has 1 unspecified atom stereocenters. The average molecular weight is 289 g/mol. The molecule has 1 fully saturated rings. The van der Waals surface area contributed by atoms with E-state index in [4.69, 9.17) is 4.74 Å². The van der Waals surface area contributed by atoms with Gasteiger partial charge in [0.1, 0.15) is 0 Å². The summed E-state index contributed by atoms with van der Waals surface area (Å²) in [4.78, 5) is 0. The molecule has 2 rings (SSSR count). The molecular formula is C19H31NO. The van der Waals surface area contributed by atoms with Gasteiger partial charge in [0.25, 0.3) is 0 Å². The third-order valence-corrected chi connectivity index (χ3v) is 4.57. The lowest BCUT2D eigenvalue weighted by atomic mass is 9.77. The maximum absolute atomic E-state index is 5.67. The van der Waals surface area contributed by atoms with Crippen molar-refractivity contribution >= 4 is 0 Å². The van der Waals surface area contributed by atoms with Crippen LogP contribution in [0, 0.1) is 5.92 Å². The third-order valence-electron chi connectivity index (χ3n) is 4.57. The highest BCUT2D eigenvalue weighted by atomic mass is 16.5. The van der Waals surface area contributed by atoms with Crippen molar-refractivity contribution in [1.82, 2.24) is 5.32 Å². The minimum absolute atomic E-state index is 0.548. The van der Waals surface area contributed by atoms with Crippen LogP contribution in [-0.4, -0.2) is 25.3 Å². The fourth-order valence-corrected chi connectivity index (χ4v) is 3.43. The molecule has 21 heavy (non-hydrogen) atoms. The summed E-state index contributed by atoms with van der Waals surface area (Å²) in [6.45, 7) is 6.26. The van der Waals surface area contributed by atoms with Crippen molar-refractivity contribution in [2.24, 2.45) is 5.92 Å². The Morgan fingerprint density at radius 3 is 2.62 bits per heavy atom. The molecule has 0 bridgehead atoms. The number of aryl methyl sites for hydroxylation is 1. The number of hydrogen-bond acceptors (Lipinski definition) is 2. The number of benzene rings is 1. The summed E-state index contributed by atoms with van der Waals surface area (Å²) >= 11 is 0. The molecule has 1 N–H and O–H groups in total. The fourth-order valence-electron chi connectivity index (χ4n) is 3.43. The monoisotopic (exact) mass is 289 g/mol. The van der Waals surface area contributed by atoms with E-state index in [9.17, 15) is 0 Å². The van der Waals surface area contributed by atoms with Crippen molar-refractivity contribution in [3.63, 3.8) is 0 Å². The van der Waals surface area contributed by atoms with Crippen LogP contribution >= 0.6 is 0 Å². The van der Waals surface area contributed by atoms with E-state index in [2.05, 4.69) is 49.5 Å². The standard InChI is InChI=1S/C19H31NO/c1-3-20-18(13-17-14-19(15-17)21-4-2)12-8-11-16-9-6-5-7-10-16/h5-7,9-10,17-20H,3-4,8,11-15H2,1-2H3. The first-order valence-electron chi connectivity index (χ1n) is 8.70. The van der Waals surface area contributed by atoms with E-state index in [0.717, 1.165) is 19.1 Å². The highest BCUT2D eigenvalue weighted by Crippen LogP contribution is 2.34. The maximum Gasteiger partial charge on any atom is 0.0580 e. The van der Waals surface area contributed by atoms with Crippen LogP contribution < -0.4 is 5.32 Å². The van der Waals surface area contributed by atoms with Crippen molar-refractivity contribution in [1.29, 1.82) is 0 Å². The highest BCUT2D eigenvalue weighted by Gasteiger charge is 2.30. The van der Waals surface area contributed by atoms with Gasteiger partial charge in [-0.15, -0.1) is 0 Å². The van der Waals surface area contributed by atoms with E-state index in [1.807, 2.05) is 0 Å². The van der Waals surface area contributed by atoms with E-state index < -0.39 is 0 Å². The second kappa shape index (κ2) is 9.22. The summed E-state index contributed by atoms with van der Waals surface area (Å²) in [7, 11) is 0. The minimum atomic E-state index is 0.548. The molecule has 2 nitrogen and oxygen atoms in total. The fraction of sp³-hybridized carbons (Fsp3) is 0.684. The van der Waals surface area contributed by atoms with E-state index in [1.54, 1.807) is 0 Å². The van der Waals surface area contributed by atoms with Crippen LogP contribution in [0.4, 0.5) is 0 Å². The number of rotatable bonds is 10. The molecule has 2 heteroatoms. The van der Waals surface area contributed by atoms with Crippen LogP contribution in [0.3, 0.4) is 0 Å². The normalized spacial score (nSPS) is 22.8. The van der Waals surface area contributed by atoms with Gasteiger partial charge in [0.15, 0.2) is 0 Å². The topological polar surface area (TPSA) is 21.3 Å². The van der Waals surface area contributed by atoms with Crippen molar-refractivity contribution in [2.45, 2.75) is 64.5 Å². The van der Waals surface area contributed by atoms with Gasteiger partial charge in [-0.3, -0.25) is 0 Å². The molecule has 1 aliphatic rings. The molecule has 1 aliphatic carbocycles. The van der Waals surface area contributed by atoms with E-state index in [1.165, 1.54) is 44.1 Å². The summed E-state index contributed by atoms with van der Waals surface area (Å²) in [6.07, 6.45) is 8.19. The molecule has 0 radical (unpaired) electrons. The van der Waals surface area contributed by atoms with E-state index >= 15 is 0 Å². The Kier molecular flexibility index (Phi) is 7.25. The summed E-state index contributed by atoms with van der Waals surface area (Å²) < 4.78 is 5.67. The molecule has 0 spiro atoms. The largest absolute Gasteiger partial charge is 0.378 e. The molecule has 1 aromatic rings. The van der Waals surface area contributed by atoms with Gasteiger partial charge < -0.3 is 10.1 Å².